The lowest BCUT2D eigenvalue weighted by atomic mass is 10.2. The average Bonchev–Trinajstić information content (AvgIpc) is 2.28. The summed E-state index contributed by atoms with van der Waals surface area (Å²) in [5, 5.41) is 2.46. The van der Waals surface area contributed by atoms with Gasteiger partial charge in [-0.3, -0.25) is 4.79 Å². The first kappa shape index (κ1) is 12.7. The van der Waals surface area contributed by atoms with Crippen molar-refractivity contribution in [1.82, 2.24) is 5.32 Å². The van der Waals surface area contributed by atoms with Crippen LogP contribution in [0.5, 0.6) is 0 Å². The largest absolute Gasteiger partial charge is 0.344 e. The van der Waals surface area contributed by atoms with Crippen molar-refractivity contribution in [3.63, 3.8) is 0 Å². The van der Waals surface area contributed by atoms with Crippen LogP contribution in [0.1, 0.15) is 5.56 Å². The monoisotopic (exact) mass is 284 g/mol. The number of carbonyl (C=O) groups is 1. The van der Waals surface area contributed by atoms with Crippen molar-refractivity contribution in [3.8, 4) is 11.8 Å². The summed E-state index contributed by atoms with van der Waals surface area (Å²) in [6, 6.07) is 4.50. The Bertz CT molecular complexity index is 451. The number of amides is 1. The van der Waals surface area contributed by atoms with Gasteiger partial charge < -0.3 is 11.1 Å². The molecule has 0 spiro atoms. The quantitative estimate of drug-likeness (QED) is 0.797. The fourth-order valence-corrected chi connectivity index (χ4v) is 1.31. The molecular weight excluding hydrogens is 275 g/mol. The maximum absolute atomic E-state index is 13.2. The predicted molar refractivity (Wildman–Crippen MR) is 63.0 cm³/mol. The summed E-state index contributed by atoms with van der Waals surface area (Å²) < 4.78 is 13.9. The summed E-state index contributed by atoms with van der Waals surface area (Å²) >= 11 is 3.22. The van der Waals surface area contributed by atoms with E-state index in [-0.39, 0.29) is 30.4 Å². The van der Waals surface area contributed by atoms with Gasteiger partial charge in [0.15, 0.2) is 0 Å². The molecule has 0 radical (unpaired) electrons. The Balaban J connectivity index is 2.62. The fourth-order valence-electron chi connectivity index (χ4n) is 0.948. The van der Waals surface area contributed by atoms with Crippen LogP contribution in [0.4, 0.5) is 4.39 Å². The van der Waals surface area contributed by atoms with E-state index in [4.69, 9.17) is 5.73 Å². The van der Waals surface area contributed by atoms with Crippen molar-refractivity contribution in [2.24, 2.45) is 5.73 Å². The molecule has 0 saturated carbocycles. The normalized spacial score (nSPS) is 9.19. The summed E-state index contributed by atoms with van der Waals surface area (Å²) in [6.45, 7) is 0.0783. The van der Waals surface area contributed by atoms with E-state index >= 15 is 0 Å². The third-order valence-electron chi connectivity index (χ3n) is 1.71. The molecule has 84 valence electrons. The van der Waals surface area contributed by atoms with Crippen LogP contribution >= 0.6 is 15.9 Å². The van der Waals surface area contributed by atoms with Crippen molar-refractivity contribution in [3.05, 3.63) is 34.1 Å². The molecule has 5 heteroatoms. The SMILES string of the molecule is NCC(=O)NCC#Cc1cc(Br)ccc1F. The number of halogens is 2. The Hall–Kier alpha value is -1.38. The highest BCUT2D eigenvalue weighted by Gasteiger charge is 1.98. The van der Waals surface area contributed by atoms with Crippen LogP contribution in [0.15, 0.2) is 22.7 Å². The Morgan fingerprint density at radius 3 is 3.00 bits per heavy atom. The molecule has 1 aromatic rings. The van der Waals surface area contributed by atoms with Gasteiger partial charge in [0.05, 0.1) is 18.7 Å². The number of rotatable bonds is 2. The Labute approximate surface area is 101 Å². The number of nitrogens with two attached hydrogens (primary N) is 1. The molecular formula is C11H10BrFN2O. The Morgan fingerprint density at radius 2 is 2.31 bits per heavy atom. The molecule has 1 rings (SSSR count). The standard InChI is InChI=1S/C11H10BrFN2O/c12-9-3-4-10(13)8(6-9)2-1-5-15-11(16)7-14/h3-4,6H,5,7,14H2,(H,15,16). The summed E-state index contributed by atoms with van der Waals surface area (Å²) in [6.07, 6.45) is 0. The van der Waals surface area contributed by atoms with Crippen molar-refractivity contribution < 1.29 is 9.18 Å². The molecule has 0 unspecified atom stereocenters. The van der Waals surface area contributed by atoms with E-state index in [1.165, 1.54) is 6.07 Å². The highest BCUT2D eigenvalue weighted by molar-refractivity contribution is 9.10. The molecule has 0 fully saturated rings. The number of carbonyl (C=O) groups excluding carboxylic acids is 1. The molecule has 1 aromatic carbocycles. The third-order valence-corrected chi connectivity index (χ3v) is 2.20. The molecule has 0 bridgehead atoms. The first-order valence-electron chi connectivity index (χ1n) is 4.54. The van der Waals surface area contributed by atoms with Crippen molar-refractivity contribution in [2.75, 3.05) is 13.1 Å². The van der Waals surface area contributed by atoms with Crippen LogP contribution in [0.25, 0.3) is 0 Å². The summed E-state index contributed by atoms with van der Waals surface area (Å²) in [4.78, 5) is 10.8. The average molecular weight is 285 g/mol. The topological polar surface area (TPSA) is 55.1 Å². The summed E-state index contributed by atoms with van der Waals surface area (Å²) in [5.74, 6) is 4.58. The van der Waals surface area contributed by atoms with Gasteiger partial charge in [-0.15, -0.1) is 0 Å². The van der Waals surface area contributed by atoms with Crippen LogP contribution in [-0.4, -0.2) is 19.0 Å². The molecule has 3 N–H and O–H groups in total. The Morgan fingerprint density at radius 1 is 1.56 bits per heavy atom. The van der Waals surface area contributed by atoms with Crippen molar-refractivity contribution in [2.45, 2.75) is 0 Å². The van der Waals surface area contributed by atoms with Crippen LogP contribution in [0.3, 0.4) is 0 Å². The lowest BCUT2D eigenvalue weighted by Crippen LogP contribution is -2.30. The minimum atomic E-state index is -0.388. The van der Waals surface area contributed by atoms with E-state index in [1.807, 2.05) is 0 Å². The lowest BCUT2D eigenvalue weighted by Gasteiger charge is -1.96. The number of benzene rings is 1. The highest BCUT2D eigenvalue weighted by atomic mass is 79.9. The zero-order valence-electron chi connectivity index (χ0n) is 8.39. The molecule has 0 atom stereocenters. The second-order valence-corrected chi connectivity index (χ2v) is 3.82. The van der Waals surface area contributed by atoms with Gasteiger partial charge in [-0.1, -0.05) is 27.8 Å². The van der Waals surface area contributed by atoms with Gasteiger partial charge in [0.25, 0.3) is 0 Å². The molecule has 0 aliphatic heterocycles. The minimum Gasteiger partial charge on any atom is -0.344 e. The minimum absolute atomic E-state index is 0.0765. The van der Waals surface area contributed by atoms with E-state index in [0.717, 1.165) is 4.47 Å². The molecule has 3 nitrogen and oxygen atoms in total. The van der Waals surface area contributed by atoms with Crippen LogP contribution in [0, 0.1) is 17.7 Å². The van der Waals surface area contributed by atoms with E-state index in [9.17, 15) is 9.18 Å². The number of hydrogen-bond acceptors (Lipinski definition) is 2. The molecule has 0 saturated heterocycles. The molecule has 0 aliphatic carbocycles. The van der Waals surface area contributed by atoms with Crippen LogP contribution in [-0.2, 0) is 4.79 Å². The maximum Gasteiger partial charge on any atom is 0.234 e. The molecule has 0 heterocycles. The Kier molecular flexibility index (Phi) is 4.96. The maximum atomic E-state index is 13.2. The smallest absolute Gasteiger partial charge is 0.234 e. The van der Waals surface area contributed by atoms with E-state index < -0.39 is 0 Å². The summed E-state index contributed by atoms with van der Waals surface area (Å²) in [5.41, 5.74) is 5.37. The second kappa shape index (κ2) is 6.26. The molecule has 0 aliphatic rings. The number of hydrogen-bond donors (Lipinski definition) is 2. The van der Waals surface area contributed by atoms with Gasteiger partial charge in [-0.2, -0.15) is 0 Å². The lowest BCUT2D eigenvalue weighted by molar-refractivity contribution is -0.119. The zero-order valence-corrected chi connectivity index (χ0v) is 9.97. The van der Waals surface area contributed by atoms with Gasteiger partial charge in [0.1, 0.15) is 5.82 Å². The molecule has 1 amide bonds. The van der Waals surface area contributed by atoms with E-state index in [0.29, 0.717) is 0 Å². The summed E-state index contributed by atoms with van der Waals surface area (Å²) in [7, 11) is 0. The van der Waals surface area contributed by atoms with Gasteiger partial charge >= 0.3 is 0 Å². The first-order valence-corrected chi connectivity index (χ1v) is 5.33. The second-order valence-electron chi connectivity index (χ2n) is 2.91. The zero-order chi connectivity index (χ0) is 12.0. The highest BCUT2D eigenvalue weighted by Crippen LogP contribution is 2.14. The van der Waals surface area contributed by atoms with Gasteiger partial charge in [0.2, 0.25) is 5.91 Å². The van der Waals surface area contributed by atoms with Gasteiger partial charge in [-0.05, 0) is 18.2 Å². The van der Waals surface area contributed by atoms with Gasteiger partial charge in [0, 0.05) is 4.47 Å². The molecule has 16 heavy (non-hydrogen) atoms. The van der Waals surface area contributed by atoms with E-state index in [1.54, 1.807) is 12.1 Å². The van der Waals surface area contributed by atoms with Gasteiger partial charge in [-0.25, -0.2) is 4.39 Å². The van der Waals surface area contributed by atoms with Crippen LogP contribution in [0.2, 0.25) is 0 Å². The fraction of sp³-hybridized carbons (Fsp3) is 0.182. The van der Waals surface area contributed by atoms with Crippen molar-refractivity contribution in [1.29, 1.82) is 0 Å². The third kappa shape index (κ3) is 4.01. The first-order chi connectivity index (χ1) is 7.63. The van der Waals surface area contributed by atoms with E-state index in [2.05, 4.69) is 33.1 Å². The molecule has 0 aromatic heterocycles. The number of nitrogens with one attached hydrogen (secondary N) is 1. The predicted octanol–water partition coefficient (Wildman–Crippen LogP) is 1.01. The van der Waals surface area contributed by atoms with Crippen molar-refractivity contribution >= 4 is 21.8 Å². The van der Waals surface area contributed by atoms with Crippen LogP contribution < -0.4 is 11.1 Å².